The molecule has 134 valence electrons. The van der Waals surface area contributed by atoms with Crippen LogP contribution in [0.15, 0.2) is 41.7 Å². The van der Waals surface area contributed by atoms with Gasteiger partial charge in [0.2, 0.25) is 0 Å². The normalized spacial score (nSPS) is 11.8. The molecule has 0 aromatic carbocycles. The number of pyridine rings is 1. The van der Waals surface area contributed by atoms with Gasteiger partial charge in [-0.25, -0.2) is 0 Å². The Morgan fingerprint density at radius 1 is 1.31 bits per heavy atom. The number of hydrogen-bond donors (Lipinski definition) is 2. The van der Waals surface area contributed by atoms with Gasteiger partial charge in [0.15, 0.2) is 5.78 Å². The van der Waals surface area contributed by atoms with Crippen molar-refractivity contribution in [1.29, 1.82) is 0 Å². The number of carbonyl (C=O) groups excluding carboxylic acids is 1. The molecule has 3 heterocycles. The van der Waals surface area contributed by atoms with Crippen LogP contribution in [-0.2, 0) is 11.8 Å². The molecule has 0 saturated carbocycles. The number of Topliss-reactive ketones (excluding diaryl/α,β-unsaturated/α-hetero) is 1. The van der Waals surface area contributed by atoms with Gasteiger partial charge in [-0.15, -0.1) is 11.3 Å². The fraction of sp³-hybridized carbons (Fsp3) is 0.118. The fourth-order valence-electron chi connectivity index (χ4n) is 1.91. The summed E-state index contributed by atoms with van der Waals surface area (Å²) in [6, 6.07) is 3.26. The largest absolute Gasteiger partial charge is 0.481 e. The monoisotopic (exact) mass is 372 g/mol. The Bertz CT molecular complexity index is 1080. The van der Waals surface area contributed by atoms with Gasteiger partial charge < -0.3 is 10.1 Å². The number of thiazole rings is 1. The van der Waals surface area contributed by atoms with Crippen LogP contribution in [0.5, 0.6) is 0 Å². The van der Waals surface area contributed by atoms with Crippen molar-refractivity contribution in [2.45, 2.75) is 6.92 Å². The minimum Gasteiger partial charge on any atom is -0.481 e. The molecule has 0 bridgehead atoms. The highest BCUT2D eigenvalue weighted by Crippen LogP contribution is 1.99. The van der Waals surface area contributed by atoms with E-state index in [2.05, 4.69) is 15.1 Å². The van der Waals surface area contributed by atoms with Crippen molar-refractivity contribution in [3.05, 3.63) is 67.6 Å². The van der Waals surface area contributed by atoms with Crippen LogP contribution in [0.25, 0.3) is 12.2 Å². The molecular formula is C17H16N4O4S. The summed E-state index contributed by atoms with van der Waals surface area (Å²) >= 11 is 1.23. The third-order valence-electron chi connectivity index (χ3n) is 2.93. The molecule has 0 aliphatic rings. The molecule has 3 aromatic heterocycles. The van der Waals surface area contributed by atoms with E-state index in [0.29, 0.717) is 14.8 Å². The predicted molar refractivity (Wildman–Crippen MR) is 97.3 cm³/mol. The molecule has 0 aliphatic heterocycles. The molecule has 0 fully saturated rings. The SMILES string of the molecule is CC(=O)O.Cn1cc(C=c2sc(=CC(=O)c3ccncc3)[nH]c2=O)cn1. The molecule has 0 unspecified atom stereocenters. The molecule has 2 N–H and O–H groups in total. The summed E-state index contributed by atoms with van der Waals surface area (Å²) in [4.78, 5) is 39.6. The van der Waals surface area contributed by atoms with Crippen molar-refractivity contribution < 1.29 is 14.7 Å². The van der Waals surface area contributed by atoms with Crippen LogP contribution in [0.4, 0.5) is 0 Å². The van der Waals surface area contributed by atoms with Crippen molar-refractivity contribution in [1.82, 2.24) is 19.7 Å². The molecule has 0 amide bonds. The summed E-state index contributed by atoms with van der Waals surface area (Å²) in [5, 5.41) is 11.5. The first-order valence-electron chi connectivity index (χ1n) is 7.40. The maximum atomic E-state index is 12.1. The highest BCUT2D eigenvalue weighted by molar-refractivity contribution is 7.07. The Balaban J connectivity index is 0.000000552. The van der Waals surface area contributed by atoms with Gasteiger partial charge in [0.05, 0.1) is 15.4 Å². The zero-order valence-electron chi connectivity index (χ0n) is 14.0. The maximum Gasteiger partial charge on any atom is 0.300 e. The van der Waals surface area contributed by atoms with E-state index in [4.69, 9.17) is 9.90 Å². The molecule has 0 aliphatic carbocycles. The Morgan fingerprint density at radius 2 is 1.96 bits per heavy atom. The first-order chi connectivity index (χ1) is 12.3. The van der Waals surface area contributed by atoms with Crippen molar-refractivity contribution in [2.75, 3.05) is 0 Å². The van der Waals surface area contributed by atoms with Gasteiger partial charge in [0.25, 0.3) is 11.5 Å². The van der Waals surface area contributed by atoms with Gasteiger partial charge in [-0.1, -0.05) is 0 Å². The third kappa shape index (κ3) is 5.64. The molecule has 3 rings (SSSR count). The van der Waals surface area contributed by atoms with Crippen LogP contribution in [-0.4, -0.2) is 36.6 Å². The smallest absolute Gasteiger partial charge is 0.300 e. The van der Waals surface area contributed by atoms with E-state index in [-0.39, 0.29) is 11.3 Å². The molecule has 8 nitrogen and oxygen atoms in total. The highest BCUT2D eigenvalue weighted by Gasteiger charge is 2.02. The first kappa shape index (κ1) is 19.0. The standard InChI is InChI=1S/C15H12N4O2S.C2H4O2/c1-19-9-10(8-17-19)6-13-15(21)18-14(22-13)7-12(20)11-2-4-16-5-3-11;1-2(3)4/h2-9H,1H3,(H,18,21);1H3,(H,3,4). The summed E-state index contributed by atoms with van der Waals surface area (Å²) in [5.74, 6) is -1.01. The topological polar surface area (TPSA) is 118 Å². The molecule has 0 radical (unpaired) electrons. The number of nitrogens with one attached hydrogen (secondary N) is 1. The summed E-state index contributed by atoms with van der Waals surface area (Å²) in [5.41, 5.74) is 1.14. The minimum atomic E-state index is -0.833. The third-order valence-corrected chi connectivity index (χ3v) is 3.89. The lowest BCUT2D eigenvalue weighted by molar-refractivity contribution is -0.134. The van der Waals surface area contributed by atoms with Crippen molar-refractivity contribution in [3.8, 4) is 0 Å². The maximum absolute atomic E-state index is 12.1. The quantitative estimate of drug-likeness (QED) is 0.632. The Hall–Kier alpha value is -3.33. The van der Waals surface area contributed by atoms with Crippen molar-refractivity contribution in [3.63, 3.8) is 0 Å². The number of carboxylic acid groups (broad SMARTS) is 1. The number of carbonyl (C=O) groups is 2. The van der Waals surface area contributed by atoms with Crippen molar-refractivity contribution >= 4 is 35.2 Å². The van der Waals surface area contributed by atoms with Crippen LogP contribution >= 0.6 is 11.3 Å². The lowest BCUT2D eigenvalue weighted by Gasteiger charge is -1.91. The summed E-state index contributed by atoms with van der Waals surface area (Å²) in [6.07, 6.45) is 9.75. The van der Waals surface area contributed by atoms with Gasteiger partial charge in [-0.05, 0) is 18.2 Å². The van der Waals surface area contributed by atoms with E-state index in [1.165, 1.54) is 17.4 Å². The highest BCUT2D eigenvalue weighted by atomic mass is 32.1. The fourth-order valence-corrected chi connectivity index (χ4v) is 2.79. The number of ketones is 1. The second-order valence-corrected chi connectivity index (χ2v) is 6.22. The molecular weight excluding hydrogens is 356 g/mol. The lowest BCUT2D eigenvalue weighted by Crippen LogP contribution is -2.19. The Kier molecular flexibility index (Phi) is 6.34. The van der Waals surface area contributed by atoms with E-state index in [0.717, 1.165) is 12.5 Å². The van der Waals surface area contributed by atoms with Crippen LogP contribution in [0.1, 0.15) is 22.8 Å². The summed E-state index contributed by atoms with van der Waals surface area (Å²) < 4.78 is 2.71. The number of hydrogen-bond acceptors (Lipinski definition) is 6. The van der Waals surface area contributed by atoms with Crippen LogP contribution in [0.2, 0.25) is 0 Å². The van der Waals surface area contributed by atoms with Gasteiger partial charge >= 0.3 is 0 Å². The molecule has 26 heavy (non-hydrogen) atoms. The van der Waals surface area contributed by atoms with Gasteiger partial charge in [-0.3, -0.25) is 24.0 Å². The van der Waals surface area contributed by atoms with Gasteiger partial charge in [0.1, 0.15) is 0 Å². The second kappa shape index (κ2) is 8.67. The predicted octanol–water partition coefficient (Wildman–Crippen LogP) is 0.148. The van der Waals surface area contributed by atoms with E-state index >= 15 is 0 Å². The van der Waals surface area contributed by atoms with Crippen LogP contribution < -0.4 is 14.8 Å². The molecule has 3 aromatic rings. The number of aromatic nitrogens is 4. The zero-order valence-corrected chi connectivity index (χ0v) is 14.9. The number of aryl methyl sites for hydroxylation is 1. The molecule has 9 heteroatoms. The van der Waals surface area contributed by atoms with Crippen LogP contribution in [0.3, 0.4) is 0 Å². The average molecular weight is 372 g/mol. The van der Waals surface area contributed by atoms with Gasteiger partial charge in [0, 0.05) is 49.8 Å². The Labute approximate surface area is 151 Å². The van der Waals surface area contributed by atoms with E-state index in [1.54, 1.807) is 41.5 Å². The lowest BCUT2D eigenvalue weighted by atomic mass is 10.2. The summed E-state index contributed by atoms with van der Waals surface area (Å²) in [6.45, 7) is 1.08. The molecule has 0 saturated heterocycles. The van der Waals surface area contributed by atoms with Gasteiger partial charge in [-0.2, -0.15) is 5.10 Å². The minimum absolute atomic E-state index is 0.173. The number of nitrogens with zero attached hydrogens (tertiary/aromatic N) is 3. The molecule has 0 atom stereocenters. The average Bonchev–Trinajstić information content (AvgIpc) is 3.14. The van der Waals surface area contributed by atoms with Crippen LogP contribution in [0, 0.1) is 0 Å². The zero-order chi connectivity index (χ0) is 19.1. The first-order valence-corrected chi connectivity index (χ1v) is 8.22. The summed E-state index contributed by atoms with van der Waals surface area (Å²) in [7, 11) is 1.81. The van der Waals surface area contributed by atoms with E-state index < -0.39 is 5.97 Å². The second-order valence-electron chi connectivity index (χ2n) is 5.14. The van der Waals surface area contributed by atoms with E-state index in [9.17, 15) is 9.59 Å². The molecule has 0 spiro atoms. The number of rotatable bonds is 3. The van der Waals surface area contributed by atoms with Crippen molar-refractivity contribution in [2.24, 2.45) is 7.05 Å². The number of H-pyrrole nitrogens is 1. The van der Waals surface area contributed by atoms with E-state index in [1.807, 2.05) is 13.2 Å². The Morgan fingerprint density at radius 3 is 2.54 bits per heavy atom. The number of aliphatic carboxylic acids is 1. The number of carboxylic acids is 1. The number of aromatic amines is 1.